The molecule has 2 rings (SSSR count). The number of hydrogen-bond acceptors (Lipinski definition) is 4. The molecule has 0 aliphatic rings. The minimum absolute atomic E-state index is 0.174. The highest BCUT2D eigenvalue weighted by Crippen LogP contribution is 2.28. The lowest BCUT2D eigenvalue weighted by Crippen LogP contribution is -2.24. The SMILES string of the molecule is CCc1ccc(OCCNC(C)c2ccco2)c(OC)c1. The Kier molecular flexibility index (Phi) is 5.69. The lowest BCUT2D eigenvalue weighted by atomic mass is 10.1. The van der Waals surface area contributed by atoms with Gasteiger partial charge in [0, 0.05) is 6.54 Å². The van der Waals surface area contributed by atoms with Crippen LogP contribution in [0.2, 0.25) is 0 Å². The summed E-state index contributed by atoms with van der Waals surface area (Å²) >= 11 is 0. The van der Waals surface area contributed by atoms with E-state index < -0.39 is 0 Å². The Morgan fingerprint density at radius 3 is 2.76 bits per heavy atom. The fraction of sp³-hybridized carbons (Fsp3) is 0.412. The summed E-state index contributed by atoms with van der Waals surface area (Å²) in [5, 5.41) is 3.36. The molecule has 1 aromatic carbocycles. The zero-order valence-corrected chi connectivity index (χ0v) is 12.9. The molecule has 0 saturated heterocycles. The normalized spacial score (nSPS) is 12.1. The molecule has 1 N–H and O–H groups in total. The van der Waals surface area contributed by atoms with Gasteiger partial charge in [-0.05, 0) is 43.2 Å². The van der Waals surface area contributed by atoms with Crippen LogP contribution < -0.4 is 14.8 Å². The molecule has 4 nitrogen and oxygen atoms in total. The van der Waals surface area contributed by atoms with Crippen LogP contribution in [0.4, 0.5) is 0 Å². The summed E-state index contributed by atoms with van der Waals surface area (Å²) in [6, 6.07) is 10.1. The van der Waals surface area contributed by atoms with Gasteiger partial charge in [0.05, 0.1) is 19.4 Å². The molecule has 0 aliphatic heterocycles. The van der Waals surface area contributed by atoms with Gasteiger partial charge in [0.2, 0.25) is 0 Å². The van der Waals surface area contributed by atoms with E-state index in [2.05, 4.69) is 25.2 Å². The van der Waals surface area contributed by atoms with Gasteiger partial charge >= 0.3 is 0 Å². The molecular formula is C17H23NO3. The summed E-state index contributed by atoms with van der Waals surface area (Å²) in [5.41, 5.74) is 1.24. The second kappa shape index (κ2) is 7.74. The molecular weight excluding hydrogens is 266 g/mol. The second-order valence-electron chi connectivity index (χ2n) is 4.88. The highest BCUT2D eigenvalue weighted by Gasteiger charge is 2.08. The van der Waals surface area contributed by atoms with Gasteiger partial charge in [-0.25, -0.2) is 0 Å². The topological polar surface area (TPSA) is 43.6 Å². The van der Waals surface area contributed by atoms with Crippen LogP contribution in [0.3, 0.4) is 0 Å². The van der Waals surface area contributed by atoms with Crippen LogP contribution in [0.5, 0.6) is 11.5 Å². The first kappa shape index (κ1) is 15.4. The van der Waals surface area contributed by atoms with Gasteiger partial charge in [0.25, 0.3) is 0 Å². The molecule has 0 saturated carbocycles. The summed E-state index contributed by atoms with van der Waals surface area (Å²) in [5.74, 6) is 2.50. The molecule has 0 fully saturated rings. The lowest BCUT2D eigenvalue weighted by Gasteiger charge is -2.14. The molecule has 2 aromatic rings. The van der Waals surface area contributed by atoms with Crippen LogP contribution in [0.25, 0.3) is 0 Å². The summed E-state index contributed by atoms with van der Waals surface area (Å²) < 4.78 is 16.5. The molecule has 0 amide bonds. The highest BCUT2D eigenvalue weighted by molar-refractivity contribution is 5.42. The third-order valence-electron chi connectivity index (χ3n) is 3.42. The predicted molar refractivity (Wildman–Crippen MR) is 83.0 cm³/mol. The van der Waals surface area contributed by atoms with Gasteiger partial charge < -0.3 is 19.2 Å². The number of aryl methyl sites for hydroxylation is 1. The van der Waals surface area contributed by atoms with Gasteiger partial charge in [-0.1, -0.05) is 13.0 Å². The number of ether oxygens (including phenoxy) is 2. The third-order valence-corrected chi connectivity index (χ3v) is 3.42. The quantitative estimate of drug-likeness (QED) is 0.754. The van der Waals surface area contributed by atoms with Gasteiger partial charge in [0.15, 0.2) is 11.5 Å². The number of methoxy groups -OCH3 is 1. The molecule has 0 spiro atoms. The van der Waals surface area contributed by atoms with Crippen molar-refractivity contribution in [3.8, 4) is 11.5 Å². The molecule has 0 aliphatic carbocycles. The maximum absolute atomic E-state index is 5.78. The van der Waals surface area contributed by atoms with Crippen LogP contribution in [-0.2, 0) is 6.42 Å². The van der Waals surface area contributed by atoms with E-state index >= 15 is 0 Å². The monoisotopic (exact) mass is 289 g/mol. The first-order valence-corrected chi connectivity index (χ1v) is 7.31. The van der Waals surface area contributed by atoms with E-state index in [-0.39, 0.29) is 6.04 Å². The van der Waals surface area contributed by atoms with Crippen LogP contribution in [0.1, 0.15) is 31.2 Å². The number of hydrogen-bond donors (Lipinski definition) is 1. The van der Waals surface area contributed by atoms with E-state index in [4.69, 9.17) is 13.9 Å². The summed E-state index contributed by atoms with van der Waals surface area (Å²) in [7, 11) is 1.67. The van der Waals surface area contributed by atoms with E-state index in [0.717, 1.165) is 30.2 Å². The van der Waals surface area contributed by atoms with Crippen molar-refractivity contribution in [2.75, 3.05) is 20.3 Å². The van der Waals surface area contributed by atoms with Gasteiger partial charge in [-0.2, -0.15) is 0 Å². The van der Waals surface area contributed by atoms with Crippen molar-refractivity contribution in [3.05, 3.63) is 47.9 Å². The van der Waals surface area contributed by atoms with Gasteiger partial charge in [-0.15, -0.1) is 0 Å². The Balaban J connectivity index is 1.80. The Morgan fingerprint density at radius 1 is 1.24 bits per heavy atom. The molecule has 1 aromatic heterocycles. The smallest absolute Gasteiger partial charge is 0.161 e. The van der Waals surface area contributed by atoms with Crippen LogP contribution in [0.15, 0.2) is 41.0 Å². The molecule has 114 valence electrons. The zero-order chi connectivity index (χ0) is 15.1. The first-order chi connectivity index (χ1) is 10.2. The number of furan rings is 1. The van der Waals surface area contributed by atoms with E-state index in [0.29, 0.717) is 6.61 Å². The summed E-state index contributed by atoms with van der Waals surface area (Å²) in [6.45, 7) is 5.50. The van der Waals surface area contributed by atoms with Crippen molar-refractivity contribution in [3.63, 3.8) is 0 Å². The zero-order valence-electron chi connectivity index (χ0n) is 12.9. The van der Waals surface area contributed by atoms with Gasteiger partial charge in [0.1, 0.15) is 12.4 Å². The maximum atomic E-state index is 5.78. The minimum Gasteiger partial charge on any atom is -0.493 e. The average molecular weight is 289 g/mol. The molecule has 1 atom stereocenters. The van der Waals surface area contributed by atoms with Crippen molar-refractivity contribution < 1.29 is 13.9 Å². The van der Waals surface area contributed by atoms with E-state index in [9.17, 15) is 0 Å². The minimum atomic E-state index is 0.174. The van der Waals surface area contributed by atoms with Crippen molar-refractivity contribution >= 4 is 0 Å². The van der Waals surface area contributed by atoms with Crippen LogP contribution in [0, 0.1) is 0 Å². The maximum Gasteiger partial charge on any atom is 0.161 e. The van der Waals surface area contributed by atoms with E-state index in [1.165, 1.54) is 5.56 Å². The molecule has 4 heteroatoms. The average Bonchev–Trinajstić information content (AvgIpc) is 3.05. The van der Waals surface area contributed by atoms with Crippen molar-refractivity contribution in [2.24, 2.45) is 0 Å². The van der Waals surface area contributed by atoms with Crippen molar-refractivity contribution in [1.29, 1.82) is 0 Å². The predicted octanol–water partition coefficient (Wildman–Crippen LogP) is 3.58. The van der Waals surface area contributed by atoms with Crippen LogP contribution >= 0.6 is 0 Å². The van der Waals surface area contributed by atoms with Crippen LogP contribution in [-0.4, -0.2) is 20.3 Å². The summed E-state index contributed by atoms with van der Waals surface area (Å²) in [4.78, 5) is 0. The Bertz CT molecular complexity index is 537. The molecule has 1 heterocycles. The summed E-state index contributed by atoms with van der Waals surface area (Å²) in [6.07, 6.45) is 2.67. The number of rotatable bonds is 8. The Morgan fingerprint density at radius 2 is 2.10 bits per heavy atom. The molecule has 0 bridgehead atoms. The fourth-order valence-corrected chi connectivity index (χ4v) is 2.13. The van der Waals surface area contributed by atoms with E-state index in [1.54, 1.807) is 13.4 Å². The first-order valence-electron chi connectivity index (χ1n) is 7.31. The highest BCUT2D eigenvalue weighted by atomic mass is 16.5. The molecule has 1 unspecified atom stereocenters. The largest absolute Gasteiger partial charge is 0.493 e. The van der Waals surface area contributed by atoms with Crippen molar-refractivity contribution in [1.82, 2.24) is 5.32 Å². The number of nitrogens with one attached hydrogen (secondary N) is 1. The third kappa shape index (κ3) is 4.26. The van der Waals surface area contributed by atoms with Gasteiger partial charge in [-0.3, -0.25) is 0 Å². The van der Waals surface area contributed by atoms with Crippen molar-refractivity contribution in [2.45, 2.75) is 26.3 Å². The Labute approximate surface area is 126 Å². The van der Waals surface area contributed by atoms with E-state index in [1.807, 2.05) is 24.3 Å². The fourth-order valence-electron chi connectivity index (χ4n) is 2.13. The second-order valence-corrected chi connectivity index (χ2v) is 4.88. The lowest BCUT2D eigenvalue weighted by molar-refractivity contribution is 0.284. The molecule has 0 radical (unpaired) electrons. The molecule has 21 heavy (non-hydrogen) atoms. The standard InChI is InChI=1S/C17H23NO3/c1-4-14-7-8-16(17(12-14)19-3)21-11-9-18-13(2)15-6-5-10-20-15/h5-8,10,12-13,18H,4,9,11H2,1-3H3. The Hall–Kier alpha value is -1.94. The number of benzene rings is 1.